The van der Waals surface area contributed by atoms with Gasteiger partial charge in [-0.2, -0.15) is 10.4 Å². The zero-order chi connectivity index (χ0) is 17.4. The van der Waals surface area contributed by atoms with E-state index in [4.69, 9.17) is 9.84 Å². The number of aromatic carboxylic acids is 1. The minimum Gasteiger partial charge on any atom is -0.491 e. The molecular formula is C16H14N4O3S. The van der Waals surface area contributed by atoms with Crippen molar-refractivity contribution < 1.29 is 14.6 Å². The molecule has 0 aliphatic carbocycles. The normalized spacial score (nSPS) is 11.0. The van der Waals surface area contributed by atoms with Gasteiger partial charge in [-0.3, -0.25) is 0 Å². The number of thiazole rings is 1. The first-order valence-corrected chi connectivity index (χ1v) is 8.02. The van der Waals surface area contributed by atoms with Crippen LogP contribution in [0, 0.1) is 18.3 Å². The summed E-state index contributed by atoms with van der Waals surface area (Å²) in [6, 6.07) is 5.56. The number of benzene rings is 1. The zero-order valence-corrected chi connectivity index (χ0v) is 14.1. The van der Waals surface area contributed by atoms with Gasteiger partial charge in [0, 0.05) is 17.6 Å². The summed E-state index contributed by atoms with van der Waals surface area (Å²) in [5.74, 6) is -0.445. The molecular weight excluding hydrogens is 328 g/mol. The molecule has 3 rings (SSSR count). The highest BCUT2D eigenvalue weighted by Crippen LogP contribution is 2.28. The summed E-state index contributed by atoms with van der Waals surface area (Å²) >= 11 is 1.04. The third kappa shape index (κ3) is 2.81. The molecule has 3 aromatic rings. The van der Waals surface area contributed by atoms with Crippen LogP contribution >= 0.6 is 11.3 Å². The van der Waals surface area contributed by atoms with Gasteiger partial charge in [0.25, 0.3) is 0 Å². The number of rotatable bonds is 4. The van der Waals surface area contributed by atoms with E-state index < -0.39 is 5.97 Å². The quantitative estimate of drug-likeness (QED) is 0.781. The second-order valence-electron chi connectivity index (χ2n) is 5.47. The predicted octanol–water partition coefficient (Wildman–Crippen LogP) is 3.15. The van der Waals surface area contributed by atoms with Gasteiger partial charge in [-0.15, -0.1) is 0 Å². The van der Waals surface area contributed by atoms with E-state index in [1.807, 2.05) is 13.8 Å². The molecule has 0 amide bonds. The number of hydrogen-bond donors (Lipinski definition) is 1. The Kier molecular flexibility index (Phi) is 3.95. The number of carboxylic acid groups (broad SMARTS) is 1. The number of nitriles is 1. The van der Waals surface area contributed by atoms with Crippen molar-refractivity contribution in [1.82, 2.24) is 14.8 Å². The number of fused-ring (bicyclic) bond motifs is 1. The van der Waals surface area contributed by atoms with Crippen LogP contribution in [0.5, 0.6) is 5.75 Å². The molecule has 0 radical (unpaired) electrons. The van der Waals surface area contributed by atoms with Crippen molar-refractivity contribution >= 4 is 28.2 Å². The van der Waals surface area contributed by atoms with Gasteiger partial charge in [0.2, 0.25) is 5.13 Å². The van der Waals surface area contributed by atoms with Gasteiger partial charge in [0.1, 0.15) is 16.7 Å². The molecule has 8 heteroatoms. The monoisotopic (exact) mass is 342 g/mol. The molecule has 0 unspecified atom stereocenters. The van der Waals surface area contributed by atoms with Crippen molar-refractivity contribution in [1.29, 1.82) is 5.26 Å². The molecule has 0 saturated carbocycles. The van der Waals surface area contributed by atoms with Gasteiger partial charge < -0.3 is 9.84 Å². The predicted molar refractivity (Wildman–Crippen MR) is 88.9 cm³/mol. The summed E-state index contributed by atoms with van der Waals surface area (Å²) < 4.78 is 7.14. The Bertz CT molecular complexity index is 981. The Balaban J connectivity index is 2.13. The van der Waals surface area contributed by atoms with E-state index in [9.17, 15) is 10.1 Å². The number of carboxylic acids is 1. The van der Waals surface area contributed by atoms with Crippen molar-refractivity contribution in [2.75, 3.05) is 0 Å². The molecule has 1 N–H and O–H groups in total. The number of carbonyl (C=O) groups is 1. The summed E-state index contributed by atoms with van der Waals surface area (Å²) in [6.45, 7) is 5.45. The molecule has 7 nitrogen and oxygen atoms in total. The third-order valence-corrected chi connectivity index (χ3v) is 4.40. The van der Waals surface area contributed by atoms with Gasteiger partial charge in [0.15, 0.2) is 0 Å². The maximum Gasteiger partial charge on any atom is 0.347 e. The number of nitrogens with zero attached hydrogens (tertiary/aromatic N) is 4. The van der Waals surface area contributed by atoms with Crippen molar-refractivity contribution in [3.05, 3.63) is 34.5 Å². The fraction of sp³-hybridized carbons (Fsp3) is 0.250. The smallest absolute Gasteiger partial charge is 0.347 e. The fourth-order valence-corrected chi connectivity index (χ4v) is 3.14. The van der Waals surface area contributed by atoms with Gasteiger partial charge in [0.05, 0.1) is 22.9 Å². The Hall–Kier alpha value is -2.92. The van der Waals surface area contributed by atoms with Crippen molar-refractivity contribution in [2.24, 2.45) is 0 Å². The second-order valence-corrected chi connectivity index (χ2v) is 6.45. The molecule has 0 spiro atoms. The lowest BCUT2D eigenvalue weighted by Crippen LogP contribution is -2.05. The van der Waals surface area contributed by atoms with E-state index >= 15 is 0 Å². The molecule has 2 heterocycles. The Morgan fingerprint density at radius 3 is 2.79 bits per heavy atom. The average molecular weight is 342 g/mol. The van der Waals surface area contributed by atoms with Gasteiger partial charge in [-0.05, 0) is 26.8 Å². The van der Waals surface area contributed by atoms with Crippen LogP contribution < -0.4 is 4.74 Å². The van der Waals surface area contributed by atoms with E-state index in [0.29, 0.717) is 33.0 Å². The SMILES string of the molecule is Cc1nc(-n2cc3c(C#N)cc(OC(C)C)cc3n2)sc1C(=O)O. The molecule has 0 atom stereocenters. The second kappa shape index (κ2) is 5.94. The maximum absolute atomic E-state index is 11.2. The molecule has 1 aromatic carbocycles. The molecule has 0 bridgehead atoms. The summed E-state index contributed by atoms with van der Waals surface area (Å²) in [4.78, 5) is 15.6. The maximum atomic E-state index is 11.2. The summed E-state index contributed by atoms with van der Waals surface area (Å²) in [5, 5.41) is 24.0. The lowest BCUT2D eigenvalue weighted by molar-refractivity contribution is 0.0701. The summed E-state index contributed by atoms with van der Waals surface area (Å²) in [5.41, 5.74) is 1.47. The molecule has 2 aromatic heterocycles. The molecule has 122 valence electrons. The summed E-state index contributed by atoms with van der Waals surface area (Å²) in [7, 11) is 0. The average Bonchev–Trinajstić information content (AvgIpc) is 3.08. The van der Waals surface area contributed by atoms with Crippen LogP contribution in [0.15, 0.2) is 18.3 Å². The lowest BCUT2D eigenvalue weighted by atomic mass is 10.1. The van der Waals surface area contributed by atoms with Crippen LogP contribution in [-0.2, 0) is 0 Å². The van der Waals surface area contributed by atoms with E-state index in [1.54, 1.807) is 25.3 Å². The topological polar surface area (TPSA) is 101 Å². The minimum absolute atomic E-state index is 0.0178. The molecule has 0 aliphatic rings. The van der Waals surface area contributed by atoms with Gasteiger partial charge in [-0.25, -0.2) is 14.5 Å². The van der Waals surface area contributed by atoms with Crippen LogP contribution in [0.25, 0.3) is 16.0 Å². The first kappa shape index (κ1) is 16.0. The third-order valence-electron chi connectivity index (χ3n) is 3.27. The van der Waals surface area contributed by atoms with Crippen molar-refractivity contribution in [2.45, 2.75) is 26.9 Å². The van der Waals surface area contributed by atoms with Crippen LogP contribution in [0.3, 0.4) is 0 Å². The fourth-order valence-electron chi connectivity index (χ4n) is 2.31. The molecule has 0 fully saturated rings. The highest BCUT2D eigenvalue weighted by molar-refractivity contribution is 7.16. The Labute approximate surface area is 141 Å². The van der Waals surface area contributed by atoms with E-state index in [1.165, 1.54) is 4.68 Å². The lowest BCUT2D eigenvalue weighted by Gasteiger charge is -2.09. The first-order chi connectivity index (χ1) is 11.4. The number of aromatic nitrogens is 3. The van der Waals surface area contributed by atoms with E-state index in [2.05, 4.69) is 16.2 Å². The summed E-state index contributed by atoms with van der Waals surface area (Å²) in [6.07, 6.45) is 1.66. The van der Waals surface area contributed by atoms with E-state index in [-0.39, 0.29) is 11.0 Å². The minimum atomic E-state index is -1.02. The van der Waals surface area contributed by atoms with Crippen LogP contribution in [0.1, 0.15) is 34.8 Å². The number of aryl methyl sites for hydroxylation is 1. The van der Waals surface area contributed by atoms with Crippen molar-refractivity contribution in [3.8, 4) is 17.0 Å². The number of hydrogen-bond acceptors (Lipinski definition) is 6. The highest BCUT2D eigenvalue weighted by atomic mass is 32.1. The zero-order valence-electron chi connectivity index (χ0n) is 13.3. The van der Waals surface area contributed by atoms with Crippen molar-refractivity contribution in [3.63, 3.8) is 0 Å². The first-order valence-electron chi connectivity index (χ1n) is 7.20. The Morgan fingerprint density at radius 1 is 1.46 bits per heavy atom. The number of ether oxygens (including phenoxy) is 1. The van der Waals surface area contributed by atoms with Crippen LogP contribution in [0.2, 0.25) is 0 Å². The van der Waals surface area contributed by atoms with Crippen LogP contribution in [0.4, 0.5) is 0 Å². The highest BCUT2D eigenvalue weighted by Gasteiger charge is 2.17. The Morgan fingerprint density at radius 2 is 2.21 bits per heavy atom. The van der Waals surface area contributed by atoms with Gasteiger partial charge >= 0.3 is 5.97 Å². The standard InChI is InChI=1S/C16H14N4O3S/c1-8(2)23-11-4-10(6-17)12-7-20(19-13(12)5-11)16-18-9(3)14(24-16)15(21)22/h4-5,7-8H,1-3H3,(H,21,22). The largest absolute Gasteiger partial charge is 0.491 e. The molecule has 0 aliphatic heterocycles. The van der Waals surface area contributed by atoms with Crippen LogP contribution in [-0.4, -0.2) is 31.9 Å². The van der Waals surface area contributed by atoms with E-state index in [0.717, 1.165) is 11.3 Å². The molecule has 0 saturated heterocycles. The molecule has 24 heavy (non-hydrogen) atoms. The van der Waals surface area contributed by atoms with Gasteiger partial charge in [-0.1, -0.05) is 11.3 Å².